The second-order valence-electron chi connectivity index (χ2n) is 3.96. The summed E-state index contributed by atoms with van der Waals surface area (Å²) in [5.41, 5.74) is 6.15. The Morgan fingerprint density at radius 1 is 1.57 bits per heavy atom. The number of nitrogens with two attached hydrogens (primary N) is 1. The number of nitrogen functional groups attached to an aromatic ring is 1. The molecule has 0 unspecified atom stereocenters. The maximum absolute atomic E-state index is 11.7. The Morgan fingerprint density at radius 2 is 2.29 bits per heavy atom. The van der Waals surface area contributed by atoms with Crippen LogP contribution in [0.5, 0.6) is 0 Å². The lowest BCUT2D eigenvalue weighted by Crippen LogP contribution is -2.09. The van der Waals surface area contributed by atoms with Crippen LogP contribution >= 0.6 is 15.9 Å². The van der Waals surface area contributed by atoms with Crippen molar-refractivity contribution in [3.05, 3.63) is 44.8 Å². The van der Waals surface area contributed by atoms with Gasteiger partial charge in [0, 0.05) is 16.6 Å². The normalized spacial score (nSPS) is 10.4. The third-order valence-corrected chi connectivity index (χ3v) is 3.34. The number of carbonyl (C=O) groups is 1. The number of ether oxygens (including phenoxy) is 1. The molecule has 0 amide bonds. The molecule has 0 aliphatic carbocycles. The number of hydrogen-bond acceptors (Lipinski definition) is 6. The van der Waals surface area contributed by atoms with Crippen molar-refractivity contribution in [3.8, 4) is 5.69 Å². The van der Waals surface area contributed by atoms with Gasteiger partial charge in [-0.15, -0.1) is 0 Å². The van der Waals surface area contributed by atoms with E-state index in [-0.39, 0.29) is 23.8 Å². The minimum atomic E-state index is -0.643. The molecule has 21 heavy (non-hydrogen) atoms. The van der Waals surface area contributed by atoms with Gasteiger partial charge in [0.1, 0.15) is 12.1 Å². The lowest BCUT2D eigenvalue weighted by Gasteiger charge is -2.08. The van der Waals surface area contributed by atoms with Crippen molar-refractivity contribution in [3.63, 3.8) is 0 Å². The smallest absolute Gasteiger partial charge is 0.360 e. The molecular weight excluding hydrogens is 344 g/mol. The number of nitrogens with zero attached hydrogens (tertiary/aromatic N) is 3. The van der Waals surface area contributed by atoms with Gasteiger partial charge in [-0.3, -0.25) is 14.7 Å². The molecule has 0 aliphatic rings. The Labute approximate surface area is 127 Å². The van der Waals surface area contributed by atoms with Crippen molar-refractivity contribution in [2.45, 2.75) is 6.92 Å². The number of nitro groups is 1. The molecule has 9 heteroatoms. The van der Waals surface area contributed by atoms with Gasteiger partial charge in [0.15, 0.2) is 5.69 Å². The molecule has 2 N–H and O–H groups in total. The molecule has 2 aromatic rings. The van der Waals surface area contributed by atoms with Crippen molar-refractivity contribution in [2.24, 2.45) is 0 Å². The Bertz CT molecular complexity index is 713. The van der Waals surface area contributed by atoms with Crippen LogP contribution < -0.4 is 5.73 Å². The summed E-state index contributed by atoms with van der Waals surface area (Å²) in [5.74, 6) is -0.593. The van der Waals surface area contributed by atoms with E-state index in [0.717, 1.165) is 0 Å². The monoisotopic (exact) mass is 354 g/mol. The number of imidazole rings is 1. The molecule has 0 bridgehead atoms. The molecule has 2 rings (SSSR count). The first-order valence-corrected chi connectivity index (χ1v) is 6.69. The molecule has 1 aromatic heterocycles. The highest BCUT2D eigenvalue weighted by Gasteiger charge is 2.20. The molecule has 0 aliphatic heterocycles. The van der Waals surface area contributed by atoms with Gasteiger partial charge in [-0.1, -0.05) is 0 Å². The molecule has 0 radical (unpaired) electrons. The highest BCUT2D eigenvalue weighted by atomic mass is 79.9. The molecule has 0 atom stereocenters. The van der Waals surface area contributed by atoms with Crippen molar-refractivity contribution >= 4 is 33.4 Å². The van der Waals surface area contributed by atoms with Crippen LogP contribution in [0.25, 0.3) is 5.69 Å². The van der Waals surface area contributed by atoms with Crippen molar-refractivity contribution in [1.82, 2.24) is 9.55 Å². The predicted octanol–water partition coefficient (Wildman–Crippen LogP) is 2.30. The summed E-state index contributed by atoms with van der Waals surface area (Å²) < 4.78 is 6.79. The van der Waals surface area contributed by atoms with Crippen LogP contribution in [0.15, 0.2) is 29.0 Å². The van der Waals surface area contributed by atoms with E-state index in [0.29, 0.717) is 10.2 Å². The van der Waals surface area contributed by atoms with Crippen LogP contribution in [0.3, 0.4) is 0 Å². The second kappa shape index (κ2) is 5.92. The van der Waals surface area contributed by atoms with Gasteiger partial charge in [-0.25, -0.2) is 9.78 Å². The molecule has 0 saturated heterocycles. The van der Waals surface area contributed by atoms with Gasteiger partial charge in [-0.05, 0) is 28.9 Å². The van der Waals surface area contributed by atoms with Crippen LogP contribution in [0.4, 0.5) is 11.5 Å². The number of hydrogen-bond donors (Lipinski definition) is 1. The minimum Gasteiger partial charge on any atom is -0.461 e. The summed E-state index contributed by atoms with van der Waals surface area (Å²) in [4.78, 5) is 25.9. The second-order valence-corrected chi connectivity index (χ2v) is 4.82. The number of anilines is 1. The van der Waals surface area contributed by atoms with Gasteiger partial charge in [0.25, 0.3) is 5.69 Å². The van der Waals surface area contributed by atoms with Gasteiger partial charge in [0.05, 0.1) is 17.2 Å². The fourth-order valence-electron chi connectivity index (χ4n) is 1.71. The third kappa shape index (κ3) is 2.87. The van der Waals surface area contributed by atoms with Gasteiger partial charge < -0.3 is 10.5 Å². The highest BCUT2D eigenvalue weighted by Crippen LogP contribution is 2.28. The Balaban J connectivity index is 2.50. The topological polar surface area (TPSA) is 113 Å². The number of aromatic nitrogens is 2. The third-order valence-electron chi connectivity index (χ3n) is 2.67. The zero-order valence-corrected chi connectivity index (χ0v) is 12.5. The number of halogens is 1. The molecule has 1 aromatic carbocycles. The summed E-state index contributed by atoms with van der Waals surface area (Å²) in [6.45, 7) is 1.87. The van der Waals surface area contributed by atoms with E-state index in [9.17, 15) is 14.9 Å². The van der Waals surface area contributed by atoms with Crippen LogP contribution in [-0.2, 0) is 4.74 Å². The molecular formula is C12H11BrN4O4. The number of non-ortho nitro benzene ring substituents is 1. The summed E-state index contributed by atoms with van der Waals surface area (Å²) in [6.07, 6.45) is 1.31. The number of esters is 1. The van der Waals surface area contributed by atoms with Crippen molar-refractivity contribution < 1.29 is 14.5 Å². The summed E-state index contributed by atoms with van der Waals surface area (Å²) in [5, 5.41) is 10.8. The summed E-state index contributed by atoms with van der Waals surface area (Å²) in [7, 11) is 0. The summed E-state index contributed by atoms with van der Waals surface area (Å²) >= 11 is 3.28. The van der Waals surface area contributed by atoms with E-state index in [1.54, 1.807) is 6.92 Å². The first-order valence-electron chi connectivity index (χ1n) is 5.90. The number of rotatable bonds is 4. The highest BCUT2D eigenvalue weighted by molar-refractivity contribution is 9.10. The minimum absolute atomic E-state index is 0.0322. The molecule has 110 valence electrons. The molecule has 0 fully saturated rings. The first kappa shape index (κ1) is 15.0. The van der Waals surface area contributed by atoms with Crippen LogP contribution in [0.2, 0.25) is 0 Å². The van der Waals surface area contributed by atoms with Crippen LogP contribution in [0.1, 0.15) is 17.4 Å². The van der Waals surface area contributed by atoms with Crippen molar-refractivity contribution in [2.75, 3.05) is 12.3 Å². The van der Waals surface area contributed by atoms with Crippen molar-refractivity contribution in [1.29, 1.82) is 0 Å². The first-order chi connectivity index (χ1) is 9.95. The maximum atomic E-state index is 11.7. The molecule has 0 spiro atoms. The quantitative estimate of drug-likeness (QED) is 0.511. The van der Waals surface area contributed by atoms with Crippen LogP contribution in [-0.4, -0.2) is 27.1 Å². The molecule has 1 heterocycles. The van der Waals surface area contributed by atoms with E-state index < -0.39 is 10.9 Å². The number of benzene rings is 1. The SMILES string of the molecule is CCOC(=O)c1ncn(-c2cc([N+](=O)[O-])ccc2Br)c1N. The molecule has 0 saturated carbocycles. The van der Waals surface area contributed by atoms with Gasteiger partial charge in [0.2, 0.25) is 0 Å². The zero-order valence-electron chi connectivity index (χ0n) is 10.9. The Morgan fingerprint density at radius 3 is 2.90 bits per heavy atom. The lowest BCUT2D eigenvalue weighted by molar-refractivity contribution is -0.384. The zero-order chi connectivity index (χ0) is 15.6. The Kier molecular flexibility index (Phi) is 4.22. The largest absolute Gasteiger partial charge is 0.461 e. The fraction of sp³-hybridized carbons (Fsp3) is 0.167. The standard InChI is InChI=1S/C12H11BrN4O4/c1-2-21-12(18)10-11(14)16(6-15-10)9-5-7(17(19)20)3-4-8(9)13/h3-6H,2,14H2,1H3. The average Bonchev–Trinajstić information content (AvgIpc) is 2.81. The predicted molar refractivity (Wildman–Crippen MR) is 78.3 cm³/mol. The number of carbonyl (C=O) groups excluding carboxylic acids is 1. The molecule has 8 nitrogen and oxygen atoms in total. The fourth-order valence-corrected chi connectivity index (χ4v) is 2.14. The number of nitro benzene ring substituents is 1. The van der Waals surface area contributed by atoms with E-state index in [4.69, 9.17) is 10.5 Å². The van der Waals surface area contributed by atoms with E-state index >= 15 is 0 Å². The summed E-state index contributed by atoms with van der Waals surface area (Å²) in [6, 6.07) is 4.21. The van der Waals surface area contributed by atoms with Gasteiger partial charge >= 0.3 is 5.97 Å². The van der Waals surface area contributed by atoms with E-state index in [2.05, 4.69) is 20.9 Å². The maximum Gasteiger partial charge on any atom is 0.360 e. The van der Waals surface area contributed by atoms with E-state index in [1.807, 2.05) is 0 Å². The van der Waals surface area contributed by atoms with Gasteiger partial charge in [-0.2, -0.15) is 0 Å². The van der Waals surface area contributed by atoms with Crippen LogP contribution in [0, 0.1) is 10.1 Å². The van der Waals surface area contributed by atoms with E-state index in [1.165, 1.54) is 29.1 Å². The lowest BCUT2D eigenvalue weighted by atomic mass is 10.3. The Hall–Kier alpha value is -2.42. The average molecular weight is 355 g/mol.